The van der Waals surface area contributed by atoms with Crippen molar-refractivity contribution in [2.75, 3.05) is 30.7 Å². The van der Waals surface area contributed by atoms with Crippen LogP contribution in [-0.2, 0) is 20.4 Å². The standard InChI is InChI=1S/C27H34ClF3N8O4/c1-14(2)38(9-5-8-33-25(40)37-15-6-7-17(28)16(10-15)27(29,30)31)11-18-20-21(43-26(3,4)42-20)24(41-18)39-13-36-19-22(32)34-12-35-23(19)39/h6-7,10,12-14,18,20-21,24H,5,8-9,11H2,1-4H3,(H2,32,34,35)(H2,33,37,40)/t18-,20-,21-,24-/m1/s1. The van der Waals surface area contributed by atoms with Crippen molar-refractivity contribution < 1.29 is 32.2 Å². The van der Waals surface area contributed by atoms with Crippen molar-refractivity contribution in [3.8, 4) is 0 Å². The van der Waals surface area contributed by atoms with Crippen LogP contribution < -0.4 is 16.4 Å². The number of urea groups is 1. The van der Waals surface area contributed by atoms with E-state index in [0.717, 1.165) is 12.1 Å². The summed E-state index contributed by atoms with van der Waals surface area (Å²) < 4.78 is 60.2. The summed E-state index contributed by atoms with van der Waals surface area (Å²) in [4.78, 5) is 27.3. The molecule has 1 aromatic carbocycles. The van der Waals surface area contributed by atoms with E-state index in [1.165, 1.54) is 12.4 Å². The number of hydrogen-bond acceptors (Lipinski definition) is 9. The van der Waals surface area contributed by atoms with Crippen molar-refractivity contribution in [2.24, 2.45) is 0 Å². The zero-order valence-electron chi connectivity index (χ0n) is 24.1. The van der Waals surface area contributed by atoms with Crippen molar-refractivity contribution in [2.45, 2.75) is 76.7 Å². The van der Waals surface area contributed by atoms with Gasteiger partial charge in [-0.15, -0.1) is 0 Å². The summed E-state index contributed by atoms with van der Waals surface area (Å²) in [6.45, 7) is 9.26. The van der Waals surface area contributed by atoms with Crippen molar-refractivity contribution in [3.63, 3.8) is 0 Å². The Hall–Kier alpha value is -3.24. The maximum atomic E-state index is 13.1. The second kappa shape index (κ2) is 12.0. The summed E-state index contributed by atoms with van der Waals surface area (Å²) in [6, 6.07) is 2.73. The molecular formula is C27H34ClF3N8O4. The highest BCUT2D eigenvalue weighted by atomic mass is 35.5. The molecule has 5 rings (SSSR count). The predicted octanol–water partition coefficient (Wildman–Crippen LogP) is 4.42. The number of fused-ring (bicyclic) bond motifs is 2. The van der Waals surface area contributed by atoms with Gasteiger partial charge in [0.2, 0.25) is 0 Å². The van der Waals surface area contributed by atoms with E-state index in [9.17, 15) is 18.0 Å². The molecular weight excluding hydrogens is 593 g/mol. The maximum absolute atomic E-state index is 13.1. The van der Waals surface area contributed by atoms with Crippen LogP contribution in [0.25, 0.3) is 11.2 Å². The van der Waals surface area contributed by atoms with Gasteiger partial charge >= 0.3 is 12.2 Å². The number of nitrogens with zero attached hydrogens (tertiary/aromatic N) is 5. The van der Waals surface area contributed by atoms with Crippen LogP contribution in [0.4, 0.5) is 29.5 Å². The molecule has 0 saturated carbocycles. The molecule has 2 saturated heterocycles. The lowest BCUT2D eigenvalue weighted by Crippen LogP contribution is -2.44. The number of amides is 2. The molecule has 43 heavy (non-hydrogen) atoms. The smallest absolute Gasteiger partial charge is 0.382 e. The second-order valence-electron chi connectivity index (χ2n) is 11.2. The highest BCUT2D eigenvalue weighted by Gasteiger charge is 2.56. The van der Waals surface area contributed by atoms with Crippen LogP contribution in [0.1, 0.15) is 45.9 Å². The molecule has 2 aliphatic heterocycles. The van der Waals surface area contributed by atoms with E-state index in [-0.39, 0.29) is 29.8 Å². The molecule has 2 fully saturated rings. The number of nitrogen functional groups attached to an aromatic ring is 1. The number of carbonyl (C=O) groups excluding carboxylic acids is 1. The third-order valence-electron chi connectivity index (χ3n) is 7.37. The first-order valence-corrected chi connectivity index (χ1v) is 14.2. The van der Waals surface area contributed by atoms with Crippen LogP contribution in [0.2, 0.25) is 5.02 Å². The Morgan fingerprint density at radius 2 is 1.95 bits per heavy atom. The van der Waals surface area contributed by atoms with Gasteiger partial charge in [0.05, 0.1) is 16.9 Å². The molecule has 16 heteroatoms. The number of halogens is 4. The Kier molecular flexibility index (Phi) is 8.73. The molecule has 2 aromatic heterocycles. The fourth-order valence-electron chi connectivity index (χ4n) is 5.36. The Bertz CT molecular complexity index is 1470. The lowest BCUT2D eigenvalue weighted by molar-refractivity contribution is -0.198. The highest BCUT2D eigenvalue weighted by Crippen LogP contribution is 2.44. The minimum absolute atomic E-state index is 0.0120. The molecule has 0 radical (unpaired) electrons. The largest absolute Gasteiger partial charge is 0.417 e. The zero-order valence-corrected chi connectivity index (χ0v) is 24.8. The average Bonchev–Trinajstić information content (AvgIpc) is 3.58. The van der Waals surface area contributed by atoms with Gasteiger partial charge in [-0.05, 0) is 52.3 Å². The monoisotopic (exact) mass is 626 g/mol. The molecule has 4 atom stereocenters. The summed E-state index contributed by atoms with van der Waals surface area (Å²) in [5, 5.41) is 4.67. The van der Waals surface area contributed by atoms with E-state index < -0.39 is 40.9 Å². The molecule has 2 aliphatic rings. The lowest BCUT2D eigenvalue weighted by Gasteiger charge is -2.31. The molecule has 0 spiro atoms. The number of carbonyl (C=O) groups is 1. The summed E-state index contributed by atoms with van der Waals surface area (Å²) in [7, 11) is 0. The number of alkyl halides is 3. The quantitative estimate of drug-likeness (QED) is 0.294. The molecule has 4 N–H and O–H groups in total. The molecule has 0 bridgehead atoms. The van der Waals surface area contributed by atoms with Gasteiger partial charge in [0.25, 0.3) is 0 Å². The summed E-state index contributed by atoms with van der Waals surface area (Å²) in [6.07, 6.45) is -2.74. The van der Waals surface area contributed by atoms with Gasteiger partial charge in [0.15, 0.2) is 23.5 Å². The Labute approximate surface area is 251 Å². The number of ether oxygens (including phenoxy) is 3. The number of anilines is 2. The molecule has 0 unspecified atom stereocenters. The fourth-order valence-corrected chi connectivity index (χ4v) is 5.58. The number of nitrogens with two attached hydrogens (primary N) is 1. The molecule has 3 aromatic rings. The molecule has 0 aliphatic carbocycles. The van der Waals surface area contributed by atoms with Crippen LogP contribution in [-0.4, -0.2) is 80.2 Å². The molecule has 12 nitrogen and oxygen atoms in total. The van der Waals surface area contributed by atoms with Crippen molar-refractivity contribution in [1.29, 1.82) is 0 Å². The van der Waals surface area contributed by atoms with Crippen LogP contribution in [0, 0.1) is 0 Å². The average molecular weight is 627 g/mol. The van der Waals surface area contributed by atoms with E-state index >= 15 is 0 Å². The predicted molar refractivity (Wildman–Crippen MR) is 152 cm³/mol. The van der Waals surface area contributed by atoms with Gasteiger partial charge in [-0.25, -0.2) is 19.7 Å². The van der Waals surface area contributed by atoms with Gasteiger partial charge < -0.3 is 30.6 Å². The minimum atomic E-state index is -4.63. The van der Waals surface area contributed by atoms with Crippen molar-refractivity contribution in [3.05, 3.63) is 41.4 Å². The van der Waals surface area contributed by atoms with E-state index in [0.29, 0.717) is 37.2 Å². The van der Waals surface area contributed by atoms with Gasteiger partial charge in [-0.1, -0.05) is 11.6 Å². The van der Waals surface area contributed by atoms with E-state index in [2.05, 4.69) is 44.3 Å². The van der Waals surface area contributed by atoms with Crippen LogP contribution >= 0.6 is 11.6 Å². The number of rotatable bonds is 9. The number of nitrogens with one attached hydrogen (secondary N) is 2. The van der Waals surface area contributed by atoms with Crippen LogP contribution in [0.3, 0.4) is 0 Å². The fraction of sp³-hybridized carbons (Fsp3) is 0.556. The Morgan fingerprint density at radius 3 is 2.67 bits per heavy atom. The van der Waals surface area contributed by atoms with Gasteiger partial charge in [0.1, 0.15) is 30.2 Å². The van der Waals surface area contributed by atoms with E-state index in [4.69, 9.17) is 31.5 Å². The third-order valence-corrected chi connectivity index (χ3v) is 7.70. The van der Waals surface area contributed by atoms with E-state index in [1.54, 1.807) is 10.9 Å². The van der Waals surface area contributed by atoms with Gasteiger partial charge in [-0.2, -0.15) is 13.2 Å². The first kappa shape index (κ1) is 31.2. The molecule has 234 valence electrons. The third kappa shape index (κ3) is 6.80. The molecule has 4 heterocycles. The SMILES string of the molecule is CC(C)N(CCCNC(=O)Nc1ccc(Cl)c(C(F)(F)F)c1)C[C@H]1O[C@@H](n2cnc3c(N)ncnc32)[C@@H]2OC(C)(C)O[C@@H]21. The number of imidazole rings is 1. The van der Waals surface area contributed by atoms with Crippen molar-refractivity contribution >= 4 is 40.3 Å². The van der Waals surface area contributed by atoms with Crippen molar-refractivity contribution in [1.82, 2.24) is 29.7 Å². The van der Waals surface area contributed by atoms with Crippen LogP contribution in [0.15, 0.2) is 30.9 Å². The Morgan fingerprint density at radius 1 is 1.21 bits per heavy atom. The maximum Gasteiger partial charge on any atom is 0.417 e. The molecule has 2 amide bonds. The van der Waals surface area contributed by atoms with Gasteiger partial charge in [-0.3, -0.25) is 9.47 Å². The second-order valence-corrected chi connectivity index (χ2v) is 11.6. The Balaban J connectivity index is 1.19. The number of aromatic nitrogens is 4. The normalized spacial score (nSPS) is 23.3. The lowest BCUT2D eigenvalue weighted by atomic mass is 10.1. The van der Waals surface area contributed by atoms with E-state index in [1.807, 2.05) is 13.8 Å². The highest BCUT2D eigenvalue weighted by molar-refractivity contribution is 6.31. The first-order chi connectivity index (χ1) is 20.2. The zero-order chi connectivity index (χ0) is 31.1. The number of benzene rings is 1. The minimum Gasteiger partial charge on any atom is -0.382 e. The summed E-state index contributed by atoms with van der Waals surface area (Å²) >= 11 is 5.65. The first-order valence-electron chi connectivity index (χ1n) is 13.8. The summed E-state index contributed by atoms with van der Waals surface area (Å²) in [5.74, 6) is -0.545. The number of hydrogen-bond donors (Lipinski definition) is 3. The topological polar surface area (TPSA) is 142 Å². The van der Waals surface area contributed by atoms with Gasteiger partial charge in [0, 0.05) is 31.4 Å². The van der Waals surface area contributed by atoms with Crippen LogP contribution in [0.5, 0.6) is 0 Å². The summed E-state index contributed by atoms with van der Waals surface area (Å²) in [5.41, 5.74) is 5.96.